The summed E-state index contributed by atoms with van der Waals surface area (Å²) in [6.07, 6.45) is 2.24. The van der Waals surface area contributed by atoms with Crippen LogP contribution >= 0.6 is 23.1 Å². The molecule has 0 aliphatic heterocycles. The van der Waals surface area contributed by atoms with Crippen LogP contribution in [0.25, 0.3) is 0 Å². The van der Waals surface area contributed by atoms with Gasteiger partial charge in [-0.25, -0.2) is 4.98 Å². The van der Waals surface area contributed by atoms with Crippen molar-refractivity contribution in [2.24, 2.45) is 0 Å². The summed E-state index contributed by atoms with van der Waals surface area (Å²) in [5, 5.41) is 5.44. The predicted octanol–water partition coefficient (Wildman–Crippen LogP) is 3.85. The molecule has 0 spiro atoms. The average molecular weight is 272 g/mol. The van der Waals surface area contributed by atoms with Gasteiger partial charge in [0, 0.05) is 17.2 Å². The van der Waals surface area contributed by atoms with Gasteiger partial charge in [-0.3, -0.25) is 0 Å². The number of hydrogen-bond acceptors (Lipinski definition) is 4. The van der Waals surface area contributed by atoms with Crippen LogP contribution in [0.1, 0.15) is 49.7 Å². The van der Waals surface area contributed by atoms with E-state index in [4.69, 9.17) is 4.98 Å². The average Bonchev–Trinajstić information content (AvgIpc) is 2.69. The third-order valence-corrected chi connectivity index (χ3v) is 4.80. The summed E-state index contributed by atoms with van der Waals surface area (Å²) in [5.41, 5.74) is 1.29. The lowest BCUT2D eigenvalue weighted by Crippen LogP contribution is -2.13. The summed E-state index contributed by atoms with van der Waals surface area (Å²) in [6, 6.07) is 0. The first-order valence-electron chi connectivity index (χ1n) is 6.47. The van der Waals surface area contributed by atoms with Gasteiger partial charge >= 0.3 is 0 Å². The number of rotatable bonds is 8. The molecule has 0 aliphatic rings. The van der Waals surface area contributed by atoms with Crippen molar-refractivity contribution in [2.45, 2.75) is 58.1 Å². The second-order valence-electron chi connectivity index (χ2n) is 4.37. The monoisotopic (exact) mass is 272 g/mol. The van der Waals surface area contributed by atoms with Crippen LogP contribution in [0.3, 0.4) is 0 Å². The summed E-state index contributed by atoms with van der Waals surface area (Å²) in [6.45, 7) is 11.0. The summed E-state index contributed by atoms with van der Waals surface area (Å²) in [7, 11) is 0. The zero-order chi connectivity index (χ0) is 12.7. The van der Waals surface area contributed by atoms with Gasteiger partial charge in [-0.15, -0.1) is 11.3 Å². The first-order valence-corrected chi connectivity index (χ1v) is 8.33. The number of nitrogens with one attached hydrogen (secondary N) is 1. The maximum Gasteiger partial charge on any atom is 0.103 e. The Morgan fingerprint density at radius 3 is 2.71 bits per heavy atom. The van der Waals surface area contributed by atoms with E-state index in [9.17, 15) is 0 Å². The van der Waals surface area contributed by atoms with Crippen LogP contribution in [0.2, 0.25) is 0 Å². The molecule has 0 bridgehead atoms. The molecule has 0 radical (unpaired) electrons. The largest absolute Gasteiger partial charge is 0.312 e. The van der Waals surface area contributed by atoms with Crippen LogP contribution in [0.15, 0.2) is 0 Å². The van der Waals surface area contributed by atoms with Crippen LogP contribution in [0, 0.1) is 0 Å². The number of thiazole rings is 1. The molecule has 0 saturated heterocycles. The molecule has 0 atom stereocenters. The Labute approximate surface area is 114 Å². The Kier molecular flexibility index (Phi) is 7.16. The first-order chi connectivity index (χ1) is 8.17. The SMILES string of the molecule is CCCNCc1sc(CSC(C)C)nc1CC. The van der Waals surface area contributed by atoms with E-state index in [-0.39, 0.29) is 0 Å². The highest BCUT2D eigenvalue weighted by Gasteiger charge is 2.09. The summed E-state index contributed by atoms with van der Waals surface area (Å²) >= 11 is 3.85. The second kappa shape index (κ2) is 8.11. The van der Waals surface area contributed by atoms with Crippen molar-refractivity contribution in [3.05, 3.63) is 15.6 Å². The number of thioether (sulfide) groups is 1. The van der Waals surface area contributed by atoms with Crippen molar-refractivity contribution in [1.29, 1.82) is 0 Å². The Hall–Kier alpha value is -0.0600. The molecule has 0 amide bonds. The Morgan fingerprint density at radius 2 is 2.12 bits per heavy atom. The van der Waals surface area contributed by atoms with E-state index in [0.717, 1.165) is 25.3 Å². The van der Waals surface area contributed by atoms with Crippen molar-refractivity contribution in [3.63, 3.8) is 0 Å². The van der Waals surface area contributed by atoms with E-state index in [1.54, 1.807) is 0 Å². The van der Waals surface area contributed by atoms with Gasteiger partial charge in [-0.2, -0.15) is 11.8 Å². The van der Waals surface area contributed by atoms with Gasteiger partial charge in [0.2, 0.25) is 0 Å². The lowest BCUT2D eigenvalue weighted by Gasteiger charge is -2.01. The molecular formula is C13H24N2S2. The quantitative estimate of drug-likeness (QED) is 0.728. The number of nitrogens with zero attached hydrogens (tertiary/aromatic N) is 1. The third kappa shape index (κ3) is 5.40. The molecular weight excluding hydrogens is 248 g/mol. The molecule has 1 rings (SSSR count). The van der Waals surface area contributed by atoms with E-state index in [1.807, 2.05) is 23.1 Å². The maximum absolute atomic E-state index is 4.74. The van der Waals surface area contributed by atoms with Gasteiger partial charge in [0.05, 0.1) is 5.69 Å². The zero-order valence-electron chi connectivity index (χ0n) is 11.4. The molecule has 1 aromatic heterocycles. The van der Waals surface area contributed by atoms with Gasteiger partial charge in [-0.05, 0) is 24.6 Å². The van der Waals surface area contributed by atoms with Gasteiger partial charge in [-0.1, -0.05) is 27.7 Å². The molecule has 1 heterocycles. The Bertz CT molecular complexity index is 321. The molecule has 1 aromatic rings. The highest BCUT2D eigenvalue weighted by Crippen LogP contribution is 2.24. The van der Waals surface area contributed by atoms with Gasteiger partial charge in [0.25, 0.3) is 0 Å². The first kappa shape index (κ1) is 15.0. The van der Waals surface area contributed by atoms with Crippen LogP contribution in [-0.2, 0) is 18.7 Å². The van der Waals surface area contributed by atoms with Gasteiger partial charge in [0.15, 0.2) is 0 Å². The van der Waals surface area contributed by atoms with E-state index >= 15 is 0 Å². The van der Waals surface area contributed by atoms with Crippen molar-refractivity contribution < 1.29 is 0 Å². The third-order valence-electron chi connectivity index (χ3n) is 2.41. The van der Waals surface area contributed by atoms with Crippen molar-refractivity contribution in [3.8, 4) is 0 Å². The highest BCUT2D eigenvalue weighted by molar-refractivity contribution is 7.99. The smallest absolute Gasteiger partial charge is 0.103 e. The molecule has 0 aromatic carbocycles. The lowest BCUT2D eigenvalue weighted by atomic mass is 10.3. The van der Waals surface area contributed by atoms with Crippen LogP contribution in [0.5, 0.6) is 0 Å². The molecule has 0 saturated carbocycles. The summed E-state index contributed by atoms with van der Waals surface area (Å²) in [5.74, 6) is 1.06. The number of hydrogen-bond donors (Lipinski definition) is 1. The number of aryl methyl sites for hydroxylation is 1. The standard InChI is InChI=1S/C13H24N2S2/c1-5-7-14-8-12-11(6-2)15-13(17-12)9-16-10(3)4/h10,14H,5-9H2,1-4H3. The molecule has 0 unspecified atom stereocenters. The zero-order valence-corrected chi connectivity index (χ0v) is 13.0. The number of aromatic nitrogens is 1. The molecule has 17 heavy (non-hydrogen) atoms. The topological polar surface area (TPSA) is 24.9 Å². The fraction of sp³-hybridized carbons (Fsp3) is 0.769. The van der Waals surface area contributed by atoms with Crippen molar-refractivity contribution in [1.82, 2.24) is 10.3 Å². The van der Waals surface area contributed by atoms with E-state index in [0.29, 0.717) is 5.25 Å². The van der Waals surface area contributed by atoms with Crippen LogP contribution in [-0.4, -0.2) is 16.8 Å². The van der Waals surface area contributed by atoms with Crippen LogP contribution < -0.4 is 5.32 Å². The molecule has 98 valence electrons. The highest BCUT2D eigenvalue weighted by atomic mass is 32.2. The minimum absolute atomic E-state index is 0.686. The minimum atomic E-state index is 0.686. The summed E-state index contributed by atoms with van der Waals surface area (Å²) < 4.78 is 0. The maximum atomic E-state index is 4.74. The van der Waals surface area contributed by atoms with Gasteiger partial charge < -0.3 is 5.32 Å². The van der Waals surface area contributed by atoms with Crippen molar-refractivity contribution in [2.75, 3.05) is 6.54 Å². The Balaban J connectivity index is 2.56. The van der Waals surface area contributed by atoms with Crippen molar-refractivity contribution >= 4 is 23.1 Å². The molecule has 4 heteroatoms. The minimum Gasteiger partial charge on any atom is -0.312 e. The fourth-order valence-corrected chi connectivity index (χ4v) is 3.43. The van der Waals surface area contributed by atoms with E-state index in [1.165, 1.54) is 22.0 Å². The van der Waals surface area contributed by atoms with Crippen LogP contribution in [0.4, 0.5) is 0 Å². The normalized spacial score (nSPS) is 11.4. The fourth-order valence-electron chi connectivity index (χ4n) is 1.53. The van der Waals surface area contributed by atoms with E-state index < -0.39 is 0 Å². The predicted molar refractivity (Wildman–Crippen MR) is 79.9 cm³/mol. The molecule has 1 N–H and O–H groups in total. The molecule has 0 fully saturated rings. The second-order valence-corrected chi connectivity index (χ2v) is 7.10. The molecule has 2 nitrogen and oxygen atoms in total. The Morgan fingerprint density at radius 1 is 1.35 bits per heavy atom. The van der Waals surface area contributed by atoms with Gasteiger partial charge in [0.1, 0.15) is 5.01 Å². The lowest BCUT2D eigenvalue weighted by molar-refractivity contribution is 0.676. The van der Waals surface area contributed by atoms with E-state index in [2.05, 4.69) is 33.0 Å². The molecule has 0 aliphatic carbocycles. The summed E-state index contributed by atoms with van der Waals surface area (Å²) in [4.78, 5) is 6.17.